The molecule has 0 bridgehead atoms. The van der Waals surface area contributed by atoms with Crippen LogP contribution < -0.4 is 4.90 Å². The van der Waals surface area contributed by atoms with Crippen molar-refractivity contribution in [2.75, 3.05) is 37.7 Å². The highest BCUT2D eigenvalue weighted by Gasteiger charge is 2.33. The number of sulfonamides is 1. The minimum atomic E-state index is -4.15. The lowest BCUT2D eigenvalue weighted by Crippen LogP contribution is -2.49. The van der Waals surface area contributed by atoms with Crippen molar-refractivity contribution in [1.29, 1.82) is 0 Å². The van der Waals surface area contributed by atoms with Crippen LogP contribution in [0.25, 0.3) is 5.78 Å². The number of anilines is 1. The molecule has 0 radical (unpaired) electrons. The summed E-state index contributed by atoms with van der Waals surface area (Å²) in [5.41, 5.74) is 1.19. The van der Waals surface area contributed by atoms with Crippen LogP contribution >= 0.6 is 0 Å². The third-order valence-electron chi connectivity index (χ3n) is 5.38. The lowest BCUT2D eigenvalue weighted by atomic mass is 10.1. The molecule has 0 saturated carbocycles. The Kier molecular flexibility index (Phi) is 6.26. The number of fused-ring (bicyclic) bond motifs is 1. The van der Waals surface area contributed by atoms with Gasteiger partial charge in [0.1, 0.15) is 28.7 Å². The molecule has 3 aromatic rings. The molecule has 2 aromatic heterocycles. The first kappa shape index (κ1) is 23.0. The third-order valence-corrected chi connectivity index (χ3v) is 7.31. The third kappa shape index (κ3) is 4.37. The first-order valence-electron chi connectivity index (χ1n) is 10.3. The highest BCUT2D eigenvalue weighted by Crippen LogP contribution is 2.27. The normalized spacial score (nSPS) is 15.2. The van der Waals surface area contributed by atoms with Gasteiger partial charge in [0.15, 0.2) is 0 Å². The van der Waals surface area contributed by atoms with Gasteiger partial charge < -0.3 is 9.64 Å². The van der Waals surface area contributed by atoms with Gasteiger partial charge in [0.2, 0.25) is 10.0 Å². The maximum absolute atomic E-state index is 14.1. The van der Waals surface area contributed by atoms with Gasteiger partial charge in [-0.1, -0.05) is 0 Å². The van der Waals surface area contributed by atoms with Crippen LogP contribution in [0.4, 0.5) is 14.6 Å². The summed E-state index contributed by atoms with van der Waals surface area (Å²) in [7, 11) is -4.15. The SMILES string of the molecule is CCOC(=O)Cc1c(C)nc2ncnn2c1N1CCN(S(=O)(=O)c2ccc(F)cc2F)CC1. The fraction of sp³-hybridized carbons (Fsp3) is 0.400. The molecule has 0 amide bonds. The molecule has 1 fully saturated rings. The first-order valence-corrected chi connectivity index (χ1v) is 11.7. The minimum absolute atomic E-state index is 0.0306. The maximum atomic E-state index is 14.1. The average molecular weight is 480 g/mol. The summed E-state index contributed by atoms with van der Waals surface area (Å²) in [6.45, 7) is 4.30. The van der Waals surface area contributed by atoms with E-state index in [9.17, 15) is 22.0 Å². The Morgan fingerprint density at radius 2 is 1.91 bits per heavy atom. The number of nitrogens with zero attached hydrogens (tertiary/aromatic N) is 6. The Bertz CT molecular complexity index is 1310. The highest BCUT2D eigenvalue weighted by atomic mass is 32.2. The lowest BCUT2D eigenvalue weighted by molar-refractivity contribution is -0.142. The minimum Gasteiger partial charge on any atom is -0.466 e. The van der Waals surface area contributed by atoms with Crippen LogP contribution in [0, 0.1) is 18.6 Å². The summed E-state index contributed by atoms with van der Waals surface area (Å²) in [5.74, 6) is -1.48. The van der Waals surface area contributed by atoms with Crippen LogP contribution in [0.3, 0.4) is 0 Å². The monoisotopic (exact) mass is 480 g/mol. The molecule has 4 rings (SSSR count). The van der Waals surface area contributed by atoms with Gasteiger partial charge in [0.05, 0.1) is 13.0 Å². The number of benzene rings is 1. The van der Waals surface area contributed by atoms with Crippen molar-refractivity contribution in [2.45, 2.75) is 25.2 Å². The summed E-state index contributed by atoms with van der Waals surface area (Å²) in [6, 6.07) is 2.38. The van der Waals surface area contributed by atoms with Crippen LogP contribution in [-0.2, 0) is 26.0 Å². The molecule has 1 aliphatic rings. The Hall–Kier alpha value is -3.19. The molecule has 3 heterocycles. The number of hydrogen-bond acceptors (Lipinski definition) is 8. The summed E-state index contributed by atoms with van der Waals surface area (Å²) in [6.07, 6.45) is 1.31. The number of esters is 1. The fourth-order valence-corrected chi connectivity index (χ4v) is 5.29. The molecule has 0 unspecified atom stereocenters. The van der Waals surface area contributed by atoms with E-state index in [4.69, 9.17) is 4.74 Å². The molecular weight excluding hydrogens is 458 g/mol. The first-order chi connectivity index (χ1) is 15.7. The largest absolute Gasteiger partial charge is 0.466 e. The van der Waals surface area contributed by atoms with Crippen molar-refractivity contribution in [3.8, 4) is 0 Å². The zero-order valence-corrected chi connectivity index (χ0v) is 18.8. The highest BCUT2D eigenvalue weighted by molar-refractivity contribution is 7.89. The summed E-state index contributed by atoms with van der Waals surface area (Å²) in [5, 5.41) is 4.22. The van der Waals surface area contributed by atoms with Crippen LogP contribution in [0.1, 0.15) is 18.2 Å². The Morgan fingerprint density at radius 1 is 1.18 bits per heavy atom. The van der Waals surface area contributed by atoms with Crippen molar-refractivity contribution in [3.63, 3.8) is 0 Å². The van der Waals surface area contributed by atoms with E-state index in [-0.39, 0.29) is 39.2 Å². The van der Waals surface area contributed by atoms with Crippen LogP contribution in [-0.4, -0.2) is 71.1 Å². The van der Waals surface area contributed by atoms with E-state index in [1.807, 2.05) is 4.90 Å². The molecule has 1 saturated heterocycles. The average Bonchev–Trinajstić information content (AvgIpc) is 3.22. The Morgan fingerprint density at radius 3 is 2.58 bits per heavy atom. The molecule has 33 heavy (non-hydrogen) atoms. The van der Waals surface area contributed by atoms with Crippen LogP contribution in [0.5, 0.6) is 0 Å². The van der Waals surface area contributed by atoms with E-state index in [1.54, 1.807) is 13.8 Å². The van der Waals surface area contributed by atoms with E-state index >= 15 is 0 Å². The second kappa shape index (κ2) is 8.98. The number of halogens is 2. The predicted octanol–water partition coefficient (Wildman–Crippen LogP) is 1.33. The van der Waals surface area contributed by atoms with E-state index in [2.05, 4.69) is 15.1 Å². The van der Waals surface area contributed by atoms with Crippen LogP contribution in [0.2, 0.25) is 0 Å². The number of aryl methyl sites for hydroxylation is 1. The van der Waals surface area contributed by atoms with E-state index in [0.717, 1.165) is 16.4 Å². The van der Waals surface area contributed by atoms with Crippen molar-refractivity contribution < 1.29 is 26.7 Å². The maximum Gasteiger partial charge on any atom is 0.310 e. The molecule has 13 heteroatoms. The summed E-state index contributed by atoms with van der Waals surface area (Å²) in [4.78, 5) is 22.0. The Balaban J connectivity index is 1.63. The zero-order chi connectivity index (χ0) is 23.8. The quantitative estimate of drug-likeness (QED) is 0.486. The number of carbonyl (C=O) groups is 1. The van der Waals surface area contributed by atoms with Crippen molar-refractivity contribution in [1.82, 2.24) is 23.9 Å². The molecule has 176 valence electrons. The van der Waals surface area contributed by atoms with E-state index < -0.39 is 32.5 Å². The van der Waals surface area contributed by atoms with Crippen molar-refractivity contribution in [3.05, 3.63) is 47.4 Å². The Labute approximate surface area is 188 Å². The standard InChI is InChI=1S/C20H22F2N6O4S/c1-3-32-18(29)11-15-13(2)25-20-23-12-24-28(20)19(15)26-6-8-27(9-7-26)33(30,31)17-5-4-14(21)10-16(17)22/h4-5,10,12H,3,6-9,11H2,1-2H3. The molecular formula is C20H22F2N6O4S. The van der Waals surface area contributed by atoms with E-state index in [0.29, 0.717) is 28.9 Å². The number of aromatic nitrogens is 4. The molecule has 0 N–H and O–H groups in total. The molecule has 1 aromatic carbocycles. The van der Waals surface area contributed by atoms with Gasteiger partial charge >= 0.3 is 5.97 Å². The molecule has 1 aliphatic heterocycles. The molecule has 0 atom stereocenters. The molecule has 0 spiro atoms. The number of carbonyl (C=O) groups excluding carboxylic acids is 1. The van der Waals surface area contributed by atoms with Gasteiger partial charge in [0.25, 0.3) is 5.78 Å². The van der Waals surface area contributed by atoms with Gasteiger partial charge in [0, 0.05) is 43.5 Å². The van der Waals surface area contributed by atoms with Crippen molar-refractivity contribution >= 4 is 27.6 Å². The van der Waals surface area contributed by atoms with E-state index in [1.165, 1.54) is 10.8 Å². The second-order valence-electron chi connectivity index (χ2n) is 7.42. The topological polar surface area (TPSA) is 110 Å². The van der Waals surface area contributed by atoms with Crippen molar-refractivity contribution in [2.24, 2.45) is 0 Å². The lowest BCUT2D eigenvalue weighted by Gasteiger charge is -2.36. The number of piperazine rings is 1. The summed E-state index contributed by atoms with van der Waals surface area (Å²) < 4.78 is 60.9. The molecule has 0 aliphatic carbocycles. The van der Waals surface area contributed by atoms with Gasteiger partial charge in [-0.25, -0.2) is 22.2 Å². The fourth-order valence-electron chi connectivity index (χ4n) is 3.82. The van der Waals surface area contributed by atoms with Gasteiger partial charge in [-0.15, -0.1) is 0 Å². The zero-order valence-electron chi connectivity index (χ0n) is 18.0. The predicted molar refractivity (Wildman–Crippen MR) is 113 cm³/mol. The van der Waals surface area contributed by atoms with Gasteiger partial charge in [-0.2, -0.15) is 18.9 Å². The number of ether oxygens (including phenoxy) is 1. The van der Waals surface area contributed by atoms with Crippen LogP contribution in [0.15, 0.2) is 29.4 Å². The summed E-state index contributed by atoms with van der Waals surface area (Å²) >= 11 is 0. The smallest absolute Gasteiger partial charge is 0.310 e. The second-order valence-corrected chi connectivity index (χ2v) is 9.33. The number of hydrogen-bond donors (Lipinski definition) is 0. The van der Waals surface area contributed by atoms with Gasteiger partial charge in [-0.05, 0) is 26.0 Å². The van der Waals surface area contributed by atoms with Gasteiger partial charge in [-0.3, -0.25) is 4.79 Å². The molecule has 10 nitrogen and oxygen atoms in total. The number of rotatable bonds is 6.